The number of ketones is 1. The molecule has 1 saturated heterocycles. The molecule has 6 atom stereocenters. The van der Waals surface area contributed by atoms with Crippen LogP contribution in [0.4, 0.5) is 0 Å². The summed E-state index contributed by atoms with van der Waals surface area (Å²) in [7, 11) is 0. The quantitative estimate of drug-likeness (QED) is 0.303. The maximum Gasteiger partial charge on any atom is 0.229 e. The van der Waals surface area contributed by atoms with E-state index < -0.39 is 54.9 Å². The third kappa shape index (κ3) is 3.92. The van der Waals surface area contributed by atoms with Gasteiger partial charge in [-0.2, -0.15) is 0 Å². The summed E-state index contributed by atoms with van der Waals surface area (Å²) in [5, 5.41) is 69.3. The van der Waals surface area contributed by atoms with Crippen molar-refractivity contribution in [3.63, 3.8) is 0 Å². The Kier molecular flexibility index (Phi) is 5.84. The van der Waals surface area contributed by atoms with Gasteiger partial charge in [0, 0.05) is 17.7 Å². The Balaban J connectivity index is 1.62. The van der Waals surface area contributed by atoms with Crippen molar-refractivity contribution in [2.75, 3.05) is 6.61 Å². The fourth-order valence-electron chi connectivity index (χ4n) is 3.75. The van der Waals surface area contributed by atoms with Gasteiger partial charge >= 0.3 is 0 Å². The first-order chi connectivity index (χ1) is 15.2. The molecular weight excluding hydrogens is 428 g/mol. The van der Waals surface area contributed by atoms with Crippen LogP contribution in [0.25, 0.3) is 0 Å². The number of fused-ring (bicyclic) bond motifs is 1. The van der Waals surface area contributed by atoms with Crippen molar-refractivity contribution < 1.29 is 54.8 Å². The second kappa shape index (κ2) is 8.45. The zero-order chi connectivity index (χ0) is 23.2. The van der Waals surface area contributed by atoms with Crippen LogP contribution >= 0.6 is 0 Å². The van der Waals surface area contributed by atoms with Crippen LogP contribution in [0.3, 0.4) is 0 Å². The largest absolute Gasteiger partial charge is 0.508 e. The monoisotopic (exact) mass is 450 g/mol. The zero-order valence-corrected chi connectivity index (χ0v) is 16.5. The van der Waals surface area contributed by atoms with Crippen molar-refractivity contribution in [1.29, 1.82) is 0 Å². The topological polar surface area (TPSA) is 186 Å². The maximum atomic E-state index is 12.6. The number of hydrogen-bond acceptors (Lipinski definition) is 11. The average molecular weight is 450 g/mol. The molecule has 32 heavy (non-hydrogen) atoms. The second-order valence-electron chi connectivity index (χ2n) is 7.61. The van der Waals surface area contributed by atoms with Gasteiger partial charge in [-0.25, -0.2) is 0 Å². The van der Waals surface area contributed by atoms with E-state index in [9.17, 15) is 40.5 Å². The van der Waals surface area contributed by atoms with Crippen molar-refractivity contribution in [1.82, 2.24) is 0 Å². The fourth-order valence-corrected chi connectivity index (χ4v) is 3.75. The summed E-state index contributed by atoms with van der Waals surface area (Å²) < 4.78 is 16.5. The lowest BCUT2D eigenvalue weighted by Crippen LogP contribution is -2.60. The summed E-state index contributed by atoms with van der Waals surface area (Å²) in [4.78, 5) is 12.6. The van der Waals surface area contributed by atoms with Crippen molar-refractivity contribution in [2.24, 2.45) is 0 Å². The average Bonchev–Trinajstić information content (AvgIpc) is 2.75. The molecule has 172 valence electrons. The van der Waals surface area contributed by atoms with Gasteiger partial charge in [-0.3, -0.25) is 4.79 Å². The number of aliphatic hydroxyl groups is 4. The van der Waals surface area contributed by atoms with Gasteiger partial charge in [0.2, 0.25) is 6.29 Å². The van der Waals surface area contributed by atoms with Crippen LogP contribution < -0.4 is 9.47 Å². The van der Waals surface area contributed by atoms with Crippen LogP contribution in [-0.2, 0) is 4.74 Å². The van der Waals surface area contributed by atoms with Gasteiger partial charge in [0.15, 0.2) is 5.78 Å². The number of phenolic OH excluding ortho intramolecular Hbond substituents is 3. The number of aliphatic hydroxyl groups excluding tert-OH is 4. The molecule has 2 aromatic rings. The first-order valence-corrected chi connectivity index (χ1v) is 9.75. The van der Waals surface area contributed by atoms with Gasteiger partial charge in [-0.05, 0) is 18.2 Å². The van der Waals surface area contributed by atoms with E-state index in [4.69, 9.17) is 14.2 Å². The van der Waals surface area contributed by atoms with Gasteiger partial charge in [-0.15, -0.1) is 0 Å². The lowest BCUT2D eigenvalue weighted by Gasteiger charge is -2.39. The molecule has 0 aromatic heterocycles. The Hall–Kier alpha value is -3.09. The molecule has 2 heterocycles. The van der Waals surface area contributed by atoms with Crippen LogP contribution in [0.2, 0.25) is 0 Å². The van der Waals surface area contributed by atoms with E-state index in [-0.39, 0.29) is 40.5 Å². The molecular formula is C21H22O11. The molecule has 0 amide bonds. The highest BCUT2D eigenvalue weighted by Gasteiger charge is 2.45. The molecule has 0 radical (unpaired) electrons. The summed E-state index contributed by atoms with van der Waals surface area (Å²) in [6.07, 6.45) is -8.76. The molecule has 1 fully saturated rings. The Morgan fingerprint density at radius 2 is 1.72 bits per heavy atom. The number of hydrogen-bond donors (Lipinski definition) is 7. The predicted molar refractivity (Wildman–Crippen MR) is 105 cm³/mol. The number of carbonyl (C=O) groups excluding carboxylic acids is 1. The van der Waals surface area contributed by atoms with Crippen LogP contribution in [0.15, 0.2) is 30.3 Å². The minimum Gasteiger partial charge on any atom is -0.508 e. The summed E-state index contributed by atoms with van der Waals surface area (Å²) >= 11 is 0. The number of phenols is 3. The lowest BCUT2D eigenvalue weighted by atomic mass is 9.95. The number of Topliss-reactive ketones (excluding diaryl/α,β-unsaturated/α-hetero) is 1. The molecule has 2 aromatic carbocycles. The first kappa shape index (κ1) is 22.1. The van der Waals surface area contributed by atoms with Gasteiger partial charge < -0.3 is 50.0 Å². The Bertz CT molecular complexity index is 1020. The lowest BCUT2D eigenvalue weighted by molar-refractivity contribution is -0.277. The molecule has 0 aliphatic carbocycles. The number of aromatic hydroxyl groups is 3. The van der Waals surface area contributed by atoms with E-state index in [0.29, 0.717) is 0 Å². The maximum absolute atomic E-state index is 12.6. The molecule has 4 rings (SSSR count). The van der Waals surface area contributed by atoms with Crippen LogP contribution in [0.1, 0.15) is 28.4 Å². The van der Waals surface area contributed by atoms with Gasteiger partial charge in [-0.1, -0.05) is 0 Å². The highest BCUT2D eigenvalue weighted by atomic mass is 16.7. The molecule has 6 unspecified atom stereocenters. The molecule has 2 aliphatic rings. The number of rotatable bonds is 4. The van der Waals surface area contributed by atoms with Crippen molar-refractivity contribution in [3.05, 3.63) is 41.5 Å². The molecule has 2 aliphatic heterocycles. The highest BCUT2D eigenvalue weighted by Crippen LogP contribution is 2.44. The Morgan fingerprint density at radius 3 is 2.44 bits per heavy atom. The molecule has 0 spiro atoms. The van der Waals surface area contributed by atoms with Crippen molar-refractivity contribution in [3.8, 4) is 28.7 Å². The minimum atomic E-state index is -1.68. The minimum absolute atomic E-state index is 0.0754. The standard InChI is InChI=1S/C21H22O11/c22-7-16-18(27)19(28)20(29)21(32-16)30-9-4-12(25)17-13(26)6-14(31-15(17)5-9)10-3-8(23)1-2-11(10)24/h1-5,14,16,18-25,27-29H,6-7H2. The van der Waals surface area contributed by atoms with E-state index in [2.05, 4.69) is 0 Å². The van der Waals surface area contributed by atoms with E-state index in [1.165, 1.54) is 24.3 Å². The van der Waals surface area contributed by atoms with Gasteiger partial charge in [0.25, 0.3) is 0 Å². The van der Waals surface area contributed by atoms with E-state index >= 15 is 0 Å². The molecule has 0 bridgehead atoms. The van der Waals surface area contributed by atoms with Crippen LogP contribution in [0, 0.1) is 0 Å². The zero-order valence-electron chi connectivity index (χ0n) is 16.5. The third-order valence-electron chi connectivity index (χ3n) is 5.43. The SMILES string of the molecule is O=C1CC(c2cc(O)ccc2O)Oc2cc(OC3OC(CO)C(O)C(O)C3O)cc(O)c21. The van der Waals surface area contributed by atoms with E-state index in [0.717, 1.165) is 6.07 Å². The molecule has 11 nitrogen and oxygen atoms in total. The Morgan fingerprint density at radius 1 is 0.969 bits per heavy atom. The molecule has 11 heteroatoms. The van der Waals surface area contributed by atoms with Crippen molar-refractivity contribution in [2.45, 2.75) is 43.2 Å². The summed E-state index contributed by atoms with van der Waals surface area (Å²) in [6.45, 7) is -0.646. The summed E-state index contributed by atoms with van der Waals surface area (Å²) in [5.41, 5.74) is 0.0609. The predicted octanol–water partition coefficient (Wildman–Crippen LogP) is -0.311. The third-order valence-corrected chi connectivity index (χ3v) is 5.43. The van der Waals surface area contributed by atoms with Crippen molar-refractivity contribution >= 4 is 5.78 Å². The second-order valence-corrected chi connectivity index (χ2v) is 7.61. The van der Waals surface area contributed by atoms with Gasteiger partial charge in [0.05, 0.1) is 13.0 Å². The normalized spacial score (nSPS) is 29.8. The highest BCUT2D eigenvalue weighted by molar-refractivity contribution is 6.02. The smallest absolute Gasteiger partial charge is 0.229 e. The Labute approximate surface area is 181 Å². The number of carbonyl (C=O) groups is 1. The number of ether oxygens (including phenoxy) is 3. The fraction of sp³-hybridized carbons (Fsp3) is 0.381. The van der Waals surface area contributed by atoms with E-state index in [1.54, 1.807) is 0 Å². The molecule has 7 N–H and O–H groups in total. The number of benzene rings is 2. The molecule has 0 saturated carbocycles. The van der Waals surface area contributed by atoms with Crippen LogP contribution in [0.5, 0.6) is 28.7 Å². The first-order valence-electron chi connectivity index (χ1n) is 9.75. The summed E-state index contributed by atoms with van der Waals surface area (Å²) in [5.74, 6) is -1.45. The summed E-state index contributed by atoms with van der Waals surface area (Å²) in [6, 6.07) is 6.13. The van der Waals surface area contributed by atoms with Crippen LogP contribution in [-0.4, -0.2) is 78.8 Å². The van der Waals surface area contributed by atoms with Gasteiger partial charge in [0.1, 0.15) is 64.8 Å². The van der Waals surface area contributed by atoms with E-state index in [1.807, 2.05) is 0 Å².